The molecule has 0 saturated heterocycles. The first-order chi connectivity index (χ1) is 8.29. The molecule has 0 radical (unpaired) electrons. The summed E-state index contributed by atoms with van der Waals surface area (Å²) in [5.74, 6) is -2.80. The highest BCUT2D eigenvalue weighted by molar-refractivity contribution is 5.89. The van der Waals surface area contributed by atoms with Gasteiger partial charge in [0.2, 0.25) is 5.91 Å². The molecule has 0 heterocycles. The fraction of sp³-hybridized carbons (Fsp3) is 0.727. The smallest absolute Gasteiger partial charge is 0.329 e. The Morgan fingerprint density at radius 3 is 2.06 bits per heavy atom. The summed E-state index contributed by atoms with van der Waals surface area (Å²) in [6, 6.07) is -1.02. The summed E-state index contributed by atoms with van der Waals surface area (Å²) in [6.07, 6.45) is 0.212. The van der Waals surface area contributed by atoms with Crippen LogP contribution in [0.25, 0.3) is 0 Å². The van der Waals surface area contributed by atoms with Crippen LogP contribution >= 0.6 is 0 Å². The van der Waals surface area contributed by atoms with Crippen molar-refractivity contribution in [2.75, 3.05) is 0 Å². The van der Waals surface area contributed by atoms with Crippen LogP contribution in [0.5, 0.6) is 0 Å². The lowest BCUT2D eigenvalue weighted by Crippen LogP contribution is -2.57. The summed E-state index contributed by atoms with van der Waals surface area (Å²) in [7, 11) is 0. The molecule has 0 aromatic heterocycles. The Bertz CT molecular complexity index is 325. The van der Waals surface area contributed by atoms with E-state index in [1.807, 2.05) is 0 Å². The maximum Gasteiger partial charge on any atom is 0.329 e. The molecule has 0 aromatic carbocycles. The third kappa shape index (κ3) is 4.33. The number of carboxylic acids is 2. The van der Waals surface area contributed by atoms with Crippen LogP contribution in [-0.2, 0) is 14.4 Å². The fourth-order valence-electron chi connectivity index (χ4n) is 1.52. The SMILES string of the molecule is CCC(CC)(NC(=O)C(N)CCC(=O)O)C(=O)O. The van der Waals surface area contributed by atoms with Crippen molar-refractivity contribution in [2.24, 2.45) is 5.73 Å². The van der Waals surface area contributed by atoms with Crippen molar-refractivity contribution in [1.29, 1.82) is 0 Å². The van der Waals surface area contributed by atoms with Crippen LogP contribution in [0, 0.1) is 0 Å². The minimum atomic E-state index is -1.34. The van der Waals surface area contributed by atoms with Gasteiger partial charge in [-0.25, -0.2) is 4.79 Å². The van der Waals surface area contributed by atoms with Crippen LogP contribution in [0.3, 0.4) is 0 Å². The van der Waals surface area contributed by atoms with E-state index in [9.17, 15) is 14.4 Å². The molecule has 0 fully saturated rings. The third-order valence-corrected chi connectivity index (χ3v) is 2.98. The zero-order valence-electron chi connectivity index (χ0n) is 10.6. The number of nitrogens with one attached hydrogen (secondary N) is 1. The summed E-state index contributed by atoms with van der Waals surface area (Å²) >= 11 is 0. The van der Waals surface area contributed by atoms with Crippen molar-refractivity contribution < 1.29 is 24.6 Å². The molecule has 1 amide bonds. The number of carbonyl (C=O) groups is 3. The minimum Gasteiger partial charge on any atom is -0.481 e. The van der Waals surface area contributed by atoms with E-state index in [2.05, 4.69) is 5.32 Å². The van der Waals surface area contributed by atoms with Crippen molar-refractivity contribution in [3.63, 3.8) is 0 Å². The molecule has 7 heteroatoms. The van der Waals surface area contributed by atoms with Gasteiger partial charge in [-0.1, -0.05) is 13.8 Å². The van der Waals surface area contributed by atoms with E-state index >= 15 is 0 Å². The van der Waals surface area contributed by atoms with Gasteiger partial charge < -0.3 is 21.3 Å². The average molecular weight is 260 g/mol. The lowest BCUT2D eigenvalue weighted by atomic mass is 9.92. The van der Waals surface area contributed by atoms with Crippen molar-refractivity contribution in [3.05, 3.63) is 0 Å². The molecule has 5 N–H and O–H groups in total. The lowest BCUT2D eigenvalue weighted by molar-refractivity contribution is -0.148. The molecule has 0 aliphatic rings. The molecular weight excluding hydrogens is 240 g/mol. The Morgan fingerprint density at radius 2 is 1.72 bits per heavy atom. The summed E-state index contributed by atoms with van der Waals surface area (Å²) in [5.41, 5.74) is 4.18. The number of carbonyl (C=O) groups excluding carboxylic acids is 1. The number of carboxylic acid groups (broad SMARTS) is 2. The van der Waals surface area contributed by atoms with Gasteiger partial charge in [0.1, 0.15) is 5.54 Å². The Hall–Kier alpha value is -1.63. The zero-order chi connectivity index (χ0) is 14.3. The molecule has 0 saturated carbocycles. The molecule has 104 valence electrons. The third-order valence-electron chi connectivity index (χ3n) is 2.98. The van der Waals surface area contributed by atoms with E-state index in [1.165, 1.54) is 0 Å². The maximum atomic E-state index is 11.7. The van der Waals surface area contributed by atoms with Crippen molar-refractivity contribution in [1.82, 2.24) is 5.32 Å². The fourth-order valence-corrected chi connectivity index (χ4v) is 1.52. The number of hydrogen-bond donors (Lipinski definition) is 4. The molecule has 0 spiro atoms. The first-order valence-electron chi connectivity index (χ1n) is 5.81. The molecule has 0 aliphatic heterocycles. The highest BCUT2D eigenvalue weighted by Crippen LogP contribution is 2.15. The maximum absolute atomic E-state index is 11.7. The van der Waals surface area contributed by atoms with Gasteiger partial charge in [0, 0.05) is 6.42 Å². The van der Waals surface area contributed by atoms with Gasteiger partial charge in [-0.15, -0.1) is 0 Å². The number of amides is 1. The second kappa shape index (κ2) is 6.95. The van der Waals surface area contributed by atoms with Gasteiger partial charge in [0.05, 0.1) is 6.04 Å². The van der Waals surface area contributed by atoms with E-state index < -0.39 is 29.4 Å². The van der Waals surface area contributed by atoms with Crippen molar-refractivity contribution in [2.45, 2.75) is 51.1 Å². The summed E-state index contributed by atoms with van der Waals surface area (Å²) in [4.78, 5) is 33.2. The van der Waals surface area contributed by atoms with Gasteiger partial charge in [0.25, 0.3) is 0 Å². The number of aliphatic carboxylic acids is 2. The van der Waals surface area contributed by atoms with Gasteiger partial charge in [0.15, 0.2) is 0 Å². The highest BCUT2D eigenvalue weighted by Gasteiger charge is 2.37. The summed E-state index contributed by atoms with van der Waals surface area (Å²) in [6.45, 7) is 3.31. The van der Waals surface area contributed by atoms with Crippen molar-refractivity contribution in [3.8, 4) is 0 Å². The first-order valence-corrected chi connectivity index (χ1v) is 5.81. The van der Waals surface area contributed by atoms with E-state index in [0.29, 0.717) is 0 Å². The van der Waals surface area contributed by atoms with Gasteiger partial charge in [-0.2, -0.15) is 0 Å². The first kappa shape index (κ1) is 16.4. The highest BCUT2D eigenvalue weighted by atomic mass is 16.4. The molecule has 18 heavy (non-hydrogen) atoms. The topological polar surface area (TPSA) is 130 Å². The van der Waals surface area contributed by atoms with Gasteiger partial charge in [-0.3, -0.25) is 9.59 Å². The van der Waals surface area contributed by atoms with Crippen LogP contribution in [0.4, 0.5) is 0 Å². The van der Waals surface area contributed by atoms with Crippen LogP contribution < -0.4 is 11.1 Å². The second-order valence-electron chi connectivity index (χ2n) is 4.12. The minimum absolute atomic E-state index is 0.0235. The van der Waals surface area contributed by atoms with Crippen LogP contribution in [0.1, 0.15) is 39.5 Å². The molecule has 0 bridgehead atoms. The summed E-state index contributed by atoms with van der Waals surface area (Å²) < 4.78 is 0. The number of rotatable bonds is 8. The zero-order valence-corrected chi connectivity index (χ0v) is 10.6. The molecule has 1 unspecified atom stereocenters. The standard InChI is InChI=1S/C11H20N2O5/c1-3-11(4-2,10(17)18)13-9(16)7(12)5-6-8(14)15/h7H,3-6,12H2,1-2H3,(H,13,16)(H,14,15)(H,17,18). The Labute approximate surface area is 105 Å². The molecule has 0 aromatic rings. The summed E-state index contributed by atoms with van der Waals surface area (Å²) in [5, 5.41) is 20.0. The monoisotopic (exact) mass is 260 g/mol. The van der Waals surface area contributed by atoms with Crippen LogP contribution in [0.2, 0.25) is 0 Å². The molecule has 0 rings (SSSR count). The normalized spacial score (nSPS) is 12.8. The van der Waals surface area contributed by atoms with E-state index in [-0.39, 0.29) is 25.7 Å². The van der Waals surface area contributed by atoms with Crippen molar-refractivity contribution >= 4 is 17.8 Å². The Balaban J connectivity index is 4.60. The number of hydrogen-bond acceptors (Lipinski definition) is 4. The lowest BCUT2D eigenvalue weighted by Gasteiger charge is -2.29. The van der Waals surface area contributed by atoms with E-state index in [4.69, 9.17) is 15.9 Å². The number of nitrogens with two attached hydrogens (primary N) is 1. The predicted molar refractivity (Wildman–Crippen MR) is 63.9 cm³/mol. The molecular formula is C11H20N2O5. The molecule has 1 atom stereocenters. The average Bonchev–Trinajstić information content (AvgIpc) is 2.32. The van der Waals surface area contributed by atoms with Crippen LogP contribution in [-0.4, -0.2) is 39.6 Å². The van der Waals surface area contributed by atoms with Crippen LogP contribution in [0.15, 0.2) is 0 Å². The van der Waals surface area contributed by atoms with E-state index in [1.54, 1.807) is 13.8 Å². The largest absolute Gasteiger partial charge is 0.481 e. The molecule has 0 aliphatic carbocycles. The Morgan fingerprint density at radius 1 is 1.22 bits per heavy atom. The quantitative estimate of drug-likeness (QED) is 0.483. The predicted octanol–water partition coefficient (Wildman–Crippen LogP) is -0.0619. The second-order valence-corrected chi connectivity index (χ2v) is 4.12. The Kier molecular flexibility index (Phi) is 6.32. The van der Waals surface area contributed by atoms with Gasteiger partial charge in [-0.05, 0) is 19.3 Å². The van der Waals surface area contributed by atoms with Gasteiger partial charge >= 0.3 is 11.9 Å². The van der Waals surface area contributed by atoms with E-state index in [0.717, 1.165) is 0 Å². The molecule has 7 nitrogen and oxygen atoms in total.